The summed E-state index contributed by atoms with van der Waals surface area (Å²) in [5, 5.41) is 56.1. The van der Waals surface area contributed by atoms with Gasteiger partial charge in [-0.25, -0.2) is 25.2 Å². The number of halogens is 1. The number of aliphatic hydroxyl groups is 4. The SMILES string of the molecule is CC(=O)C=C(C)O.CC(=O)C=C(C)O.CC(=O)C=C(C)O.CC(=O)C=C(C)O.C[Si](C)(C)c1c[c-]c2c(c1)Sc1cccc3c4cccnc4n-2c13.Fc1c[c-]c2c(c1)Sc1cccc3c4cccnc4n-2c13.N#Cc1c[c-]c2c(c1)Sc1cccc3c4cccnc4n-2c13.[Ir].[Ir].[Ir].[Ir].[c-]1cc2ccccc2c2c1-n1c3ncccc3c3cccc(c31)S2. The quantitative estimate of drug-likeness (QED) is 0.0541. The molecule has 0 aliphatic carbocycles. The minimum Gasteiger partial charge on any atom is -0.512 e. The summed E-state index contributed by atoms with van der Waals surface area (Å²) in [7, 11) is -1.35. The molecule has 12 heterocycles. The van der Waals surface area contributed by atoms with Crippen molar-refractivity contribution >= 4 is 182 Å². The average Bonchev–Trinajstić information content (AvgIpc) is 1.58. The van der Waals surface area contributed by atoms with E-state index in [1.165, 1.54) is 175 Å². The van der Waals surface area contributed by atoms with E-state index in [1.807, 2.05) is 78.5 Å². The van der Waals surface area contributed by atoms with Crippen molar-refractivity contribution in [2.75, 3.05) is 0 Å². The van der Waals surface area contributed by atoms with Gasteiger partial charge in [0.25, 0.3) is 0 Å². The number of nitrogens with zero attached hydrogens (tertiary/aromatic N) is 9. The third kappa shape index (κ3) is 20.3. The molecule has 0 spiro atoms. The predicted molar refractivity (Wildman–Crippen MR) is 480 cm³/mol. The summed E-state index contributed by atoms with van der Waals surface area (Å²) in [5.74, 6) is -0.513. The van der Waals surface area contributed by atoms with Gasteiger partial charge >= 0.3 is 0 Å². The number of nitriles is 1. The second kappa shape index (κ2) is 40.9. The fraction of sp³-hybridized carbons (Fsp3) is 0.115. The van der Waals surface area contributed by atoms with Crippen LogP contribution in [0, 0.1) is 41.4 Å². The fourth-order valence-corrected chi connectivity index (χ4v) is 20.1. The van der Waals surface area contributed by atoms with Gasteiger partial charge in [0.15, 0.2) is 23.1 Å². The molecule has 0 fully saturated rings. The van der Waals surface area contributed by atoms with E-state index < -0.39 is 8.07 Å². The van der Waals surface area contributed by atoms with Gasteiger partial charge in [0.1, 0.15) is 22.6 Å². The van der Waals surface area contributed by atoms with Crippen molar-refractivity contribution in [3.8, 4) is 28.8 Å². The molecule has 17 nitrogen and oxygen atoms in total. The number of carbonyl (C=O) groups is 4. The Hall–Kier alpha value is -10.5. The Kier molecular flexibility index (Phi) is 31.5. The molecule has 0 atom stereocenters. The topological polar surface area (TPSA) is 244 Å². The van der Waals surface area contributed by atoms with Crippen molar-refractivity contribution in [2.24, 2.45) is 0 Å². The number of pyridine rings is 4. The van der Waals surface area contributed by atoms with E-state index in [9.17, 15) is 23.6 Å². The molecule has 0 bridgehead atoms. The van der Waals surface area contributed by atoms with E-state index in [2.05, 4.69) is 222 Å². The van der Waals surface area contributed by atoms with E-state index in [4.69, 9.17) is 25.7 Å². The Balaban J connectivity index is 0.000000154. The fourth-order valence-electron chi connectivity index (χ4n) is 14.4. The summed E-state index contributed by atoms with van der Waals surface area (Å²) in [6, 6.07) is 79.4. The van der Waals surface area contributed by atoms with Crippen LogP contribution in [0.25, 0.3) is 121 Å². The average molecular weight is 2430 g/mol. The number of carbonyl (C=O) groups excluding carboxylic acids is 4. The number of hydrogen-bond donors (Lipinski definition) is 4. The van der Waals surface area contributed by atoms with Crippen molar-refractivity contribution in [1.29, 1.82) is 5.26 Å². The molecule has 4 N–H and O–H groups in total. The van der Waals surface area contributed by atoms with Crippen LogP contribution in [0.3, 0.4) is 0 Å². The second-order valence-corrected chi connectivity index (χ2v) is 38.5. The molecule has 0 saturated carbocycles. The third-order valence-corrected chi connectivity index (χ3v) is 25.3. The molecule has 0 amide bonds. The molecule has 27 heteroatoms. The smallest absolute Gasteiger partial charge is 0.155 e. The first-order valence-electron chi connectivity index (χ1n) is 37.6. The van der Waals surface area contributed by atoms with Gasteiger partial charge in [-0.1, -0.05) is 134 Å². The third-order valence-electron chi connectivity index (χ3n) is 18.9. The summed E-state index contributed by atoms with van der Waals surface area (Å²) in [5.41, 5.74) is 13.4. The van der Waals surface area contributed by atoms with Crippen molar-refractivity contribution in [3.05, 3.63) is 296 Å². The van der Waals surface area contributed by atoms with Crippen LogP contribution < -0.4 is 5.19 Å². The molecule has 21 rings (SSSR count). The normalized spacial score (nSPS) is 12.1. The van der Waals surface area contributed by atoms with Crippen LogP contribution in [0.2, 0.25) is 19.6 Å². The molecule has 123 heavy (non-hydrogen) atoms. The Morgan fingerprint density at radius 3 is 1.03 bits per heavy atom. The summed E-state index contributed by atoms with van der Waals surface area (Å²) < 4.78 is 22.3. The number of hydrogen-bond acceptors (Lipinski definition) is 17. The molecular formula is C96H76FIr4N9O8S4Si-4. The zero-order chi connectivity index (χ0) is 84.3. The van der Waals surface area contributed by atoms with E-state index in [1.54, 1.807) is 41.9 Å². The standard InChI is InChI=1S/C21H11N2S.C20H17N2SSi.C18H8N3S.C17H8FN2S.4C5H8O2.4Ir/c1-2-6-14-13(5-1)10-11-17-20(14)24-18-9-3-7-15-16-8-4-12-22-21(16)23(17)19(15)18;1-24(2,3)13-9-10-16-18(12-13)23-17-8-4-6-14-15-7-5-11-21-20(15)22(16)19(14)17;19-10-11-6-7-14-16(9-11)22-15-5-1-3-12-13-4-2-8-20-18(13)21(14)17(12)15;18-10-6-7-13-15(9-10)21-14-5-1-3-11-12-4-2-8-19-17(12)20(13)16(11)14;4*1-4(6)3-5(2)7;;;;/h1-10,12H;4-9,11-12H,1-3H3;1-6,8-9H;1-6,8-9H;4*3,6H,1-2H3;;;;/q4*-1;;;;;;;;. The monoisotopic (exact) mass is 2430 g/mol. The van der Waals surface area contributed by atoms with Crippen molar-refractivity contribution < 1.29 is 124 Å². The van der Waals surface area contributed by atoms with Crippen molar-refractivity contribution in [3.63, 3.8) is 0 Å². The number of aliphatic hydroxyl groups excluding tert-OH is 4. The molecule has 17 aromatic rings. The van der Waals surface area contributed by atoms with Crippen LogP contribution in [0.1, 0.15) is 61.0 Å². The molecule has 9 aromatic carbocycles. The van der Waals surface area contributed by atoms with Crippen LogP contribution in [-0.2, 0) is 99.6 Å². The van der Waals surface area contributed by atoms with Crippen LogP contribution in [-0.4, -0.2) is 89.8 Å². The predicted octanol–water partition coefficient (Wildman–Crippen LogP) is 23.6. The second-order valence-electron chi connectivity index (χ2n) is 29.1. The van der Waals surface area contributed by atoms with E-state index in [0.717, 1.165) is 76.3 Å². The number of benzene rings is 9. The zero-order valence-electron chi connectivity index (χ0n) is 67.8. The number of allylic oxidation sites excluding steroid dienone is 8. The van der Waals surface area contributed by atoms with Gasteiger partial charge in [-0.15, -0.1) is 35.0 Å². The van der Waals surface area contributed by atoms with Crippen molar-refractivity contribution in [1.82, 2.24) is 38.2 Å². The Morgan fingerprint density at radius 1 is 0.374 bits per heavy atom. The molecule has 4 aliphatic heterocycles. The Morgan fingerprint density at radius 2 is 0.683 bits per heavy atom. The molecular weight excluding hydrogens is 2350 g/mol. The summed E-state index contributed by atoms with van der Waals surface area (Å²) in [4.78, 5) is 67.9. The summed E-state index contributed by atoms with van der Waals surface area (Å²) in [6.07, 6.45) is 12.0. The molecule has 628 valence electrons. The van der Waals surface area contributed by atoms with E-state index in [-0.39, 0.29) is 132 Å². The summed E-state index contributed by atoms with van der Waals surface area (Å²) in [6.45, 7) is 18.5. The largest absolute Gasteiger partial charge is 0.512 e. The van der Waals surface area contributed by atoms with Gasteiger partial charge < -0.3 is 38.7 Å². The van der Waals surface area contributed by atoms with E-state index >= 15 is 0 Å². The first-order valence-corrected chi connectivity index (χ1v) is 44.4. The molecule has 0 unspecified atom stereocenters. The molecule has 4 radical (unpaired) electrons. The van der Waals surface area contributed by atoms with Crippen LogP contribution >= 0.6 is 47.0 Å². The van der Waals surface area contributed by atoms with Crippen LogP contribution in [0.5, 0.6) is 0 Å². The Bertz CT molecular complexity index is 7060. The minimum atomic E-state index is -1.35. The van der Waals surface area contributed by atoms with Crippen LogP contribution in [0.4, 0.5) is 4.39 Å². The van der Waals surface area contributed by atoms with Gasteiger partial charge in [-0.2, -0.15) is 101 Å². The van der Waals surface area contributed by atoms with E-state index in [0.29, 0.717) is 5.56 Å². The van der Waals surface area contributed by atoms with Crippen LogP contribution in [0.15, 0.2) is 299 Å². The summed E-state index contributed by atoms with van der Waals surface area (Å²) >= 11 is 6.98. The maximum atomic E-state index is 13.5. The molecule has 8 aromatic heterocycles. The minimum absolute atomic E-state index is 0. The maximum Gasteiger partial charge on any atom is 0.155 e. The number of ketones is 4. The Labute approximate surface area is 781 Å². The van der Waals surface area contributed by atoms with Gasteiger partial charge in [-0.3, -0.25) is 23.6 Å². The molecule has 4 aliphatic rings. The van der Waals surface area contributed by atoms with Gasteiger partial charge in [-0.05, 0) is 128 Å². The number of aromatic nitrogens is 8. The number of para-hydroxylation sites is 4. The van der Waals surface area contributed by atoms with Crippen molar-refractivity contribution in [2.45, 2.75) is 114 Å². The number of fused-ring (bicyclic) bond motifs is 22. The maximum absolute atomic E-state index is 13.5. The first-order chi connectivity index (χ1) is 57.1. The number of rotatable bonds is 5. The van der Waals surface area contributed by atoms with Gasteiger partial charge in [0, 0.05) is 212 Å². The molecule has 0 saturated heterocycles. The van der Waals surface area contributed by atoms with Gasteiger partial charge in [0.05, 0.1) is 45.1 Å². The zero-order valence-corrected chi connectivity index (χ0v) is 81.7. The first kappa shape index (κ1) is 94.8. The van der Waals surface area contributed by atoms with Gasteiger partial charge in [0.2, 0.25) is 0 Å².